The molecular formula is C39H71N2+. The molecule has 0 amide bonds. The number of nitrogens with zero attached hydrogens (tertiary/aromatic N) is 1. The van der Waals surface area contributed by atoms with Crippen molar-refractivity contribution in [3.8, 4) is 0 Å². The van der Waals surface area contributed by atoms with E-state index in [4.69, 9.17) is 0 Å². The minimum Gasteiger partial charge on any atom is -0.391 e. The van der Waals surface area contributed by atoms with Crippen LogP contribution in [0.15, 0.2) is 48.9 Å². The van der Waals surface area contributed by atoms with Gasteiger partial charge in [0.15, 0.2) is 6.20 Å². The molecule has 2 heteroatoms. The standard InChI is InChI=1S/C39H71N2/c1-4-7-9-11-19-23-28-38(27-6-3)30-34-40-33-25-21-17-15-13-14-16-18-22-26-35-41-36-31-39(32-37-41)29-24-20-12-10-8-5-2/h6,27,30-31,34,36-37,39-40H,3-5,7-26,28-29,32-33,35H2,1-2H3/q+1/b34-30-,38-27-. The van der Waals surface area contributed by atoms with Gasteiger partial charge in [-0.3, -0.25) is 0 Å². The van der Waals surface area contributed by atoms with Gasteiger partial charge in [-0.15, -0.1) is 0 Å². The first-order valence-electron chi connectivity index (χ1n) is 18.3. The van der Waals surface area contributed by atoms with Gasteiger partial charge in [0.25, 0.3) is 0 Å². The molecule has 0 spiro atoms. The molecule has 1 aliphatic rings. The molecule has 1 N–H and O–H groups in total. The first-order chi connectivity index (χ1) is 20.3. The molecule has 0 fully saturated rings. The van der Waals surface area contributed by atoms with E-state index in [9.17, 15) is 0 Å². The van der Waals surface area contributed by atoms with Gasteiger partial charge in [0.05, 0.1) is 0 Å². The van der Waals surface area contributed by atoms with Crippen molar-refractivity contribution in [1.82, 2.24) is 5.32 Å². The summed E-state index contributed by atoms with van der Waals surface area (Å²) >= 11 is 0. The molecule has 1 aliphatic heterocycles. The number of nitrogens with one attached hydrogen (secondary N) is 1. The molecule has 0 saturated heterocycles. The summed E-state index contributed by atoms with van der Waals surface area (Å²) in [7, 11) is 0. The van der Waals surface area contributed by atoms with E-state index >= 15 is 0 Å². The Hall–Kier alpha value is -1.57. The smallest absolute Gasteiger partial charge is 0.164 e. The molecule has 1 rings (SSSR count). The molecule has 0 radical (unpaired) electrons. The minimum absolute atomic E-state index is 0.795. The Bertz CT molecular complexity index is 698. The maximum Gasteiger partial charge on any atom is 0.164 e. The minimum atomic E-state index is 0.795. The van der Waals surface area contributed by atoms with E-state index in [0.29, 0.717) is 0 Å². The second-order valence-corrected chi connectivity index (χ2v) is 12.6. The van der Waals surface area contributed by atoms with Crippen molar-refractivity contribution >= 4 is 6.21 Å². The fraction of sp³-hybridized carbons (Fsp3) is 0.769. The predicted octanol–water partition coefficient (Wildman–Crippen LogP) is 12.2. The van der Waals surface area contributed by atoms with Crippen LogP contribution in [0.5, 0.6) is 0 Å². The van der Waals surface area contributed by atoms with Crippen LogP contribution in [0.2, 0.25) is 0 Å². The Kier molecular flexibility index (Phi) is 27.3. The summed E-state index contributed by atoms with van der Waals surface area (Å²) in [6, 6.07) is 0. The van der Waals surface area contributed by atoms with Crippen molar-refractivity contribution < 1.29 is 4.58 Å². The van der Waals surface area contributed by atoms with Gasteiger partial charge >= 0.3 is 0 Å². The van der Waals surface area contributed by atoms with Crippen molar-refractivity contribution in [3.63, 3.8) is 0 Å². The fourth-order valence-electron chi connectivity index (χ4n) is 5.88. The van der Waals surface area contributed by atoms with Crippen molar-refractivity contribution in [2.24, 2.45) is 5.92 Å². The van der Waals surface area contributed by atoms with Gasteiger partial charge in [-0.05, 0) is 61.9 Å². The highest BCUT2D eigenvalue weighted by Gasteiger charge is 2.13. The Morgan fingerprint density at radius 3 is 1.88 bits per heavy atom. The fourth-order valence-corrected chi connectivity index (χ4v) is 5.88. The molecule has 0 aromatic rings. The molecule has 41 heavy (non-hydrogen) atoms. The van der Waals surface area contributed by atoms with Crippen LogP contribution in [0.3, 0.4) is 0 Å². The van der Waals surface area contributed by atoms with Gasteiger partial charge in [-0.1, -0.05) is 148 Å². The summed E-state index contributed by atoms with van der Waals surface area (Å²) in [6.45, 7) is 10.8. The SMILES string of the molecule is C=C/C=C(\C=C/NCCCCCCCCCCCC[N+]1=CCC(CCCCCCCC)C=C1)CCCCCCCC. The van der Waals surface area contributed by atoms with Gasteiger partial charge in [0.1, 0.15) is 12.8 Å². The van der Waals surface area contributed by atoms with E-state index in [2.05, 4.69) is 67.2 Å². The third-order valence-electron chi connectivity index (χ3n) is 8.67. The zero-order valence-electron chi connectivity index (χ0n) is 27.9. The predicted molar refractivity (Wildman–Crippen MR) is 186 cm³/mol. The van der Waals surface area contributed by atoms with Gasteiger partial charge in [-0.25, -0.2) is 4.58 Å². The number of allylic oxidation sites excluding steroid dienone is 5. The Morgan fingerprint density at radius 2 is 1.29 bits per heavy atom. The molecule has 0 aromatic carbocycles. The maximum absolute atomic E-state index is 3.88. The topological polar surface area (TPSA) is 15.0 Å². The zero-order valence-corrected chi connectivity index (χ0v) is 27.9. The van der Waals surface area contributed by atoms with Crippen LogP contribution in [0.25, 0.3) is 0 Å². The molecule has 2 nitrogen and oxygen atoms in total. The second-order valence-electron chi connectivity index (χ2n) is 12.6. The number of rotatable bonds is 30. The quantitative estimate of drug-likeness (QED) is 0.0518. The molecule has 0 bridgehead atoms. The first-order valence-corrected chi connectivity index (χ1v) is 18.3. The van der Waals surface area contributed by atoms with Crippen LogP contribution in [-0.2, 0) is 0 Å². The van der Waals surface area contributed by atoms with E-state index < -0.39 is 0 Å². The van der Waals surface area contributed by atoms with Crippen LogP contribution in [0, 0.1) is 5.92 Å². The average molecular weight is 568 g/mol. The summed E-state index contributed by atoms with van der Waals surface area (Å²) in [4.78, 5) is 0. The van der Waals surface area contributed by atoms with E-state index in [1.54, 1.807) is 0 Å². The van der Waals surface area contributed by atoms with Gasteiger partial charge in [0, 0.05) is 19.4 Å². The van der Waals surface area contributed by atoms with Gasteiger partial charge < -0.3 is 5.32 Å². The second kappa shape index (κ2) is 29.9. The molecule has 1 heterocycles. The summed E-state index contributed by atoms with van der Waals surface area (Å²) < 4.78 is 2.45. The zero-order chi connectivity index (χ0) is 29.5. The summed E-state index contributed by atoms with van der Waals surface area (Å²) in [6.07, 6.45) is 50.1. The lowest BCUT2D eigenvalue weighted by atomic mass is 9.96. The third-order valence-corrected chi connectivity index (χ3v) is 8.67. The molecule has 236 valence electrons. The summed E-state index contributed by atoms with van der Waals surface area (Å²) in [5.41, 5.74) is 1.40. The lowest BCUT2D eigenvalue weighted by Crippen LogP contribution is -2.15. The highest BCUT2D eigenvalue weighted by atomic mass is 15.0. The van der Waals surface area contributed by atoms with Crippen molar-refractivity contribution in [2.75, 3.05) is 13.1 Å². The van der Waals surface area contributed by atoms with E-state index in [-0.39, 0.29) is 0 Å². The van der Waals surface area contributed by atoms with Crippen LogP contribution in [-0.4, -0.2) is 23.9 Å². The Labute approximate surface area is 257 Å². The van der Waals surface area contributed by atoms with E-state index in [1.165, 1.54) is 173 Å². The third kappa shape index (κ3) is 24.7. The molecular weight excluding hydrogens is 496 g/mol. The largest absolute Gasteiger partial charge is 0.391 e. The van der Waals surface area contributed by atoms with E-state index in [0.717, 1.165) is 12.5 Å². The number of hydrogen-bond donors (Lipinski definition) is 1. The van der Waals surface area contributed by atoms with Crippen LogP contribution < -0.4 is 5.32 Å². The monoisotopic (exact) mass is 568 g/mol. The summed E-state index contributed by atoms with van der Waals surface area (Å²) in [5, 5.41) is 3.50. The van der Waals surface area contributed by atoms with Crippen LogP contribution in [0.1, 0.15) is 174 Å². The lowest BCUT2D eigenvalue weighted by Gasteiger charge is -2.12. The van der Waals surface area contributed by atoms with Crippen LogP contribution in [0.4, 0.5) is 0 Å². The van der Waals surface area contributed by atoms with Crippen LogP contribution >= 0.6 is 0 Å². The molecule has 0 saturated carbocycles. The Morgan fingerprint density at radius 1 is 0.732 bits per heavy atom. The number of hydrogen-bond acceptors (Lipinski definition) is 1. The number of unbranched alkanes of at least 4 members (excludes halogenated alkanes) is 19. The first kappa shape index (κ1) is 37.5. The maximum atomic E-state index is 3.88. The van der Waals surface area contributed by atoms with E-state index in [1.807, 2.05) is 6.08 Å². The molecule has 1 unspecified atom stereocenters. The Balaban J connectivity index is 1.87. The highest BCUT2D eigenvalue weighted by Crippen LogP contribution is 2.18. The van der Waals surface area contributed by atoms with Crippen molar-refractivity contribution in [1.29, 1.82) is 0 Å². The highest BCUT2D eigenvalue weighted by molar-refractivity contribution is 5.53. The van der Waals surface area contributed by atoms with Crippen molar-refractivity contribution in [2.45, 2.75) is 174 Å². The lowest BCUT2D eigenvalue weighted by molar-refractivity contribution is -0.456. The normalized spacial score (nSPS) is 15.5. The molecule has 1 atom stereocenters. The van der Waals surface area contributed by atoms with Crippen molar-refractivity contribution in [3.05, 3.63) is 48.9 Å². The van der Waals surface area contributed by atoms with Gasteiger partial charge in [0.2, 0.25) is 0 Å². The molecule has 0 aromatic heterocycles. The van der Waals surface area contributed by atoms with Gasteiger partial charge in [-0.2, -0.15) is 0 Å². The summed E-state index contributed by atoms with van der Waals surface area (Å²) in [5.74, 6) is 0.795. The average Bonchev–Trinajstić information content (AvgIpc) is 2.99. The molecule has 0 aliphatic carbocycles.